The number of nitrogens with one attached hydrogen (secondary N) is 1. The molecule has 0 atom stereocenters. The van der Waals surface area contributed by atoms with Crippen LogP contribution in [0.3, 0.4) is 0 Å². The molecule has 6 heteroatoms. The lowest BCUT2D eigenvalue weighted by Gasteiger charge is -2.10. The van der Waals surface area contributed by atoms with Gasteiger partial charge < -0.3 is 5.32 Å². The predicted molar refractivity (Wildman–Crippen MR) is 81.1 cm³/mol. The number of para-hydroxylation sites is 1. The standard InChI is InChI=1S/C17H11F3N2O/c18-17(19,20)11-5-7-12(8-6-11)22-16(23)14-9-10-21-15-4-2-1-3-13(14)15/h1-10H,(H,22,23). The van der Waals surface area contributed by atoms with E-state index in [2.05, 4.69) is 10.3 Å². The summed E-state index contributed by atoms with van der Waals surface area (Å²) >= 11 is 0. The molecule has 3 aromatic rings. The highest BCUT2D eigenvalue weighted by atomic mass is 19.4. The molecule has 23 heavy (non-hydrogen) atoms. The summed E-state index contributed by atoms with van der Waals surface area (Å²) in [6, 6.07) is 13.0. The van der Waals surface area contributed by atoms with Crippen molar-refractivity contribution in [2.24, 2.45) is 0 Å². The number of halogens is 3. The smallest absolute Gasteiger partial charge is 0.322 e. The van der Waals surface area contributed by atoms with E-state index in [1.54, 1.807) is 24.3 Å². The van der Waals surface area contributed by atoms with E-state index in [1.807, 2.05) is 6.07 Å². The third kappa shape index (κ3) is 3.15. The Morgan fingerprint density at radius 2 is 1.65 bits per heavy atom. The van der Waals surface area contributed by atoms with Gasteiger partial charge in [-0.1, -0.05) is 18.2 Å². The quantitative estimate of drug-likeness (QED) is 0.756. The first-order valence-corrected chi connectivity index (χ1v) is 6.77. The zero-order chi connectivity index (χ0) is 16.4. The zero-order valence-corrected chi connectivity index (χ0v) is 11.8. The normalized spacial score (nSPS) is 11.4. The van der Waals surface area contributed by atoms with Gasteiger partial charge in [-0.2, -0.15) is 13.2 Å². The zero-order valence-electron chi connectivity index (χ0n) is 11.8. The summed E-state index contributed by atoms with van der Waals surface area (Å²) in [6.07, 6.45) is -2.88. The lowest BCUT2D eigenvalue weighted by molar-refractivity contribution is -0.137. The molecule has 3 rings (SSSR count). The molecule has 2 aromatic carbocycles. The Morgan fingerprint density at radius 3 is 2.35 bits per heavy atom. The van der Waals surface area contributed by atoms with Crippen molar-refractivity contribution in [1.82, 2.24) is 4.98 Å². The number of carbonyl (C=O) groups is 1. The van der Waals surface area contributed by atoms with Gasteiger partial charge in [0.2, 0.25) is 0 Å². The van der Waals surface area contributed by atoms with Crippen LogP contribution < -0.4 is 5.32 Å². The van der Waals surface area contributed by atoms with Gasteiger partial charge in [0.25, 0.3) is 5.91 Å². The molecule has 0 fully saturated rings. The number of amides is 1. The molecule has 0 aliphatic rings. The first-order valence-electron chi connectivity index (χ1n) is 6.77. The van der Waals surface area contributed by atoms with Crippen molar-refractivity contribution >= 4 is 22.5 Å². The van der Waals surface area contributed by atoms with Crippen molar-refractivity contribution in [3.05, 3.63) is 71.9 Å². The van der Waals surface area contributed by atoms with Gasteiger partial charge >= 0.3 is 6.18 Å². The van der Waals surface area contributed by atoms with Crippen LogP contribution in [-0.4, -0.2) is 10.9 Å². The number of anilines is 1. The molecule has 1 heterocycles. The third-order valence-corrected chi connectivity index (χ3v) is 3.36. The van der Waals surface area contributed by atoms with Crippen LogP contribution in [0.15, 0.2) is 60.8 Å². The SMILES string of the molecule is O=C(Nc1ccc(C(F)(F)F)cc1)c1ccnc2ccccc12. The molecule has 1 aromatic heterocycles. The first kappa shape index (κ1) is 15.0. The summed E-state index contributed by atoms with van der Waals surface area (Å²) in [4.78, 5) is 16.5. The minimum atomic E-state index is -4.40. The molecule has 0 radical (unpaired) electrons. The fraction of sp³-hybridized carbons (Fsp3) is 0.0588. The van der Waals surface area contributed by atoms with Crippen molar-refractivity contribution in [3.8, 4) is 0 Å². The predicted octanol–water partition coefficient (Wildman–Crippen LogP) is 4.51. The molecule has 0 bridgehead atoms. The Balaban J connectivity index is 1.86. The Labute approximate surface area is 129 Å². The second-order valence-corrected chi connectivity index (χ2v) is 4.90. The van der Waals surface area contributed by atoms with Crippen molar-refractivity contribution in [2.75, 3.05) is 5.32 Å². The Morgan fingerprint density at radius 1 is 0.957 bits per heavy atom. The molecular weight excluding hydrogens is 305 g/mol. The number of rotatable bonds is 2. The van der Waals surface area contributed by atoms with Gasteiger partial charge in [-0.15, -0.1) is 0 Å². The van der Waals surface area contributed by atoms with Crippen molar-refractivity contribution < 1.29 is 18.0 Å². The molecule has 1 N–H and O–H groups in total. The molecule has 0 aliphatic heterocycles. The molecule has 0 saturated heterocycles. The molecular formula is C17H11F3N2O. The fourth-order valence-corrected chi connectivity index (χ4v) is 2.23. The largest absolute Gasteiger partial charge is 0.416 e. The van der Waals surface area contributed by atoms with Crippen LogP contribution in [0.4, 0.5) is 18.9 Å². The van der Waals surface area contributed by atoms with E-state index in [4.69, 9.17) is 0 Å². The molecule has 1 amide bonds. The summed E-state index contributed by atoms with van der Waals surface area (Å²) in [5.74, 6) is -0.400. The second kappa shape index (κ2) is 5.72. The molecule has 0 aliphatic carbocycles. The molecule has 0 spiro atoms. The number of pyridine rings is 1. The van der Waals surface area contributed by atoms with Gasteiger partial charge in [-0.05, 0) is 36.4 Å². The van der Waals surface area contributed by atoms with Crippen LogP contribution in [0, 0.1) is 0 Å². The number of fused-ring (bicyclic) bond motifs is 1. The number of benzene rings is 2. The third-order valence-electron chi connectivity index (χ3n) is 3.36. The van der Waals surface area contributed by atoms with Gasteiger partial charge in [-0.25, -0.2) is 0 Å². The van der Waals surface area contributed by atoms with Gasteiger partial charge in [0.05, 0.1) is 16.6 Å². The van der Waals surface area contributed by atoms with Crippen molar-refractivity contribution in [1.29, 1.82) is 0 Å². The van der Waals surface area contributed by atoms with Crippen LogP contribution in [0.25, 0.3) is 10.9 Å². The second-order valence-electron chi connectivity index (χ2n) is 4.90. The maximum absolute atomic E-state index is 12.5. The van der Waals surface area contributed by atoms with Crippen LogP contribution in [-0.2, 0) is 6.18 Å². The minimum Gasteiger partial charge on any atom is -0.322 e. The topological polar surface area (TPSA) is 42.0 Å². The number of alkyl halides is 3. The highest BCUT2D eigenvalue weighted by Gasteiger charge is 2.30. The summed E-state index contributed by atoms with van der Waals surface area (Å²) < 4.78 is 37.6. The number of hydrogen-bond acceptors (Lipinski definition) is 2. The summed E-state index contributed by atoms with van der Waals surface area (Å²) in [7, 11) is 0. The maximum atomic E-state index is 12.5. The maximum Gasteiger partial charge on any atom is 0.416 e. The van der Waals surface area contributed by atoms with E-state index >= 15 is 0 Å². The Bertz CT molecular complexity index is 852. The monoisotopic (exact) mass is 316 g/mol. The van der Waals surface area contributed by atoms with Crippen LogP contribution in [0.2, 0.25) is 0 Å². The Hall–Kier alpha value is -2.89. The van der Waals surface area contributed by atoms with E-state index in [1.165, 1.54) is 18.3 Å². The first-order chi connectivity index (χ1) is 10.9. The highest BCUT2D eigenvalue weighted by Crippen LogP contribution is 2.30. The number of hydrogen-bond donors (Lipinski definition) is 1. The lowest BCUT2D eigenvalue weighted by Crippen LogP contribution is -2.13. The van der Waals surface area contributed by atoms with Crippen LogP contribution in [0.1, 0.15) is 15.9 Å². The van der Waals surface area contributed by atoms with Gasteiger partial charge in [0.15, 0.2) is 0 Å². The molecule has 116 valence electrons. The Kier molecular flexibility index (Phi) is 3.73. The molecule has 3 nitrogen and oxygen atoms in total. The lowest BCUT2D eigenvalue weighted by atomic mass is 10.1. The summed E-state index contributed by atoms with van der Waals surface area (Å²) in [5.41, 5.74) is 0.622. The highest BCUT2D eigenvalue weighted by molar-refractivity contribution is 6.12. The average Bonchev–Trinajstić information content (AvgIpc) is 2.54. The molecule has 0 saturated carbocycles. The van der Waals surface area contributed by atoms with Crippen molar-refractivity contribution in [3.63, 3.8) is 0 Å². The summed E-state index contributed by atoms with van der Waals surface area (Å²) in [6.45, 7) is 0. The van der Waals surface area contributed by atoms with Crippen molar-refractivity contribution in [2.45, 2.75) is 6.18 Å². The van der Waals surface area contributed by atoms with E-state index in [-0.39, 0.29) is 0 Å². The van der Waals surface area contributed by atoms with E-state index in [0.29, 0.717) is 22.2 Å². The number of nitrogens with zero attached hydrogens (tertiary/aromatic N) is 1. The summed E-state index contributed by atoms with van der Waals surface area (Å²) in [5, 5.41) is 3.27. The van der Waals surface area contributed by atoms with Crippen LogP contribution in [0.5, 0.6) is 0 Å². The molecule has 0 unspecified atom stereocenters. The van der Waals surface area contributed by atoms with Gasteiger partial charge in [0, 0.05) is 17.3 Å². The minimum absolute atomic E-state index is 0.295. The van der Waals surface area contributed by atoms with Gasteiger partial charge in [0.1, 0.15) is 0 Å². The average molecular weight is 316 g/mol. The van der Waals surface area contributed by atoms with E-state index < -0.39 is 17.6 Å². The van der Waals surface area contributed by atoms with E-state index in [0.717, 1.165) is 12.1 Å². The number of aromatic nitrogens is 1. The van der Waals surface area contributed by atoms with Gasteiger partial charge in [-0.3, -0.25) is 9.78 Å². The van der Waals surface area contributed by atoms with Crippen LogP contribution >= 0.6 is 0 Å². The fourth-order valence-electron chi connectivity index (χ4n) is 2.23. The van der Waals surface area contributed by atoms with E-state index in [9.17, 15) is 18.0 Å². The number of carbonyl (C=O) groups excluding carboxylic acids is 1.